The molecule has 0 atom stereocenters. The van der Waals surface area contributed by atoms with Gasteiger partial charge in [-0.3, -0.25) is 0 Å². The van der Waals surface area contributed by atoms with E-state index in [4.69, 9.17) is 0 Å². The maximum atomic E-state index is 4.33. The minimum atomic E-state index is 0.722. The van der Waals surface area contributed by atoms with Gasteiger partial charge >= 0.3 is 0 Å². The summed E-state index contributed by atoms with van der Waals surface area (Å²) in [5.41, 5.74) is 1.87. The molecule has 0 bridgehead atoms. The van der Waals surface area contributed by atoms with Crippen LogP contribution in [0.3, 0.4) is 0 Å². The Hall–Kier alpha value is -3.28. The molecule has 0 unspecified atom stereocenters. The van der Waals surface area contributed by atoms with Gasteiger partial charge in [-0.25, -0.2) is 19.9 Å². The van der Waals surface area contributed by atoms with Crippen LogP contribution in [-0.4, -0.2) is 33.0 Å². The van der Waals surface area contributed by atoms with Crippen LogP contribution in [0, 0.1) is 0 Å². The summed E-state index contributed by atoms with van der Waals surface area (Å²) in [6.45, 7) is 1.44. The molecule has 6 heteroatoms. The van der Waals surface area contributed by atoms with E-state index in [0.29, 0.717) is 0 Å². The zero-order chi connectivity index (χ0) is 16.2. The van der Waals surface area contributed by atoms with Crippen LogP contribution in [0.25, 0.3) is 21.8 Å². The van der Waals surface area contributed by atoms with E-state index in [2.05, 4.69) is 30.6 Å². The molecule has 6 nitrogen and oxygen atoms in total. The van der Waals surface area contributed by atoms with E-state index in [1.54, 1.807) is 12.7 Å². The summed E-state index contributed by atoms with van der Waals surface area (Å²) in [6, 6.07) is 15.9. The summed E-state index contributed by atoms with van der Waals surface area (Å²) in [6.07, 6.45) is 3.16. The second-order valence-corrected chi connectivity index (χ2v) is 5.33. The van der Waals surface area contributed by atoms with Crippen LogP contribution in [0.4, 0.5) is 11.6 Å². The Bertz CT molecular complexity index is 893. The molecule has 0 aliphatic heterocycles. The van der Waals surface area contributed by atoms with Crippen molar-refractivity contribution in [2.45, 2.75) is 0 Å². The number of hydrogen-bond donors (Lipinski definition) is 2. The van der Waals surface area contributed by atoms with Gasteiger partial charge in [-0.1, -0.05) is 24.3 Å². The van der Waals surface area contributed by atoms with Gasteiger partial charge in [-0.05, 0) is 24.3 Å². The Morgan fingerprint density at radius 2 is 1.04 bits per heavy atom. The van der Waals surface area contributed by atoms with Crippen LogP contribution in [0.2, 0.25) is 0 Å². The fourth-order valence-corrected chi connectivity index (χ4v) is 2.65. The average molecular weight is 316 g/mol. The molecule has 0 spiro atoms. The summed E-state index contributed by atoms with van der Waals surface area (Å²) in [4.78, 5) is 17.2. The molecule has 4 aromatic rings. The van der Waals surface area contributed by atoms with Gasteiger partial charge in [0.1, 0.15) is 24.3 Å². The molecule has 118 valence electrons. The van der Waals surface area contributed by atoms with Gasteiger partial charge in [0.25, 0.3) is 0 Å². The third-order valence-corrected chi connectivity index (χ3v) is 3.80. The van der Waals surface area contributed by atoms with Crippen LogP contribution < -0.4 is 10.6 Å². The Kier molecular flexibility index (Phi) is 3.85. The van der Waals surface area contributed by atoms with Crippen LogP contribution in [0.15, 0.2) is 61.2 Å². The molecular formula is C18H16N6. The predicted octanol–water partition coefficient (Wildman–Crippen LogP) is 3.10. The monoisotopic (exact) mass is 316 g/mol. The van der Waals surface area contributed by atoms with E-state index in [1.807, 2.05) is 48.5 Å². The predicted molar refractivity (Wildman–Crippen MR) is 96.1 cm³/mol. The standard InChI is InChI=1S/C18H16N6/c1-3-7-15-13(5-1)17(23-11-21-15)19-9-10-20-18-14-6-2-4-8-16(14)22-12-24-18/h1-8,11-12H,9-10H2,(H,19,21,23)(H,20,22,24). The molecule has 0 aliphatic carbocycles. The second kappa shape index (κ2) is 6.45. The Labute approximate surface area is 139 Å². The number of fused-ring (bicyclic) bond motifs is 2. The van der Waals surface area contributed by atoms with Crippen molar-refractivity contribution in [2.75, 3.05) is 23.7 Å². The summed E-state index contributed by atoms with van der Waals surface area (Å²) in [7, 11) is 0. The zero-order valence-electron chi connectivity index (χ0n) is 13.0. The second-order valence-electron chi connectivity index (χ2n) is 5.33. The first kappa shape index (κ1) is 14.3. The van der Waals surface area contributed by atoms with Crippen molar-refractivity contribution in [3.05, 3.63) is 61.2 Å². The van der Waals surface area contributed by atoms with Gasteiger partial charge in [0.05, 0.1) is 11.0 Å². The lowest BCUT2D eigenvalue weighted by Gasteiger charge is -2.10. The van der Waals surface area contributed by atoms with E-state index in [0.717, 1.165) is 46.5 Å². The maximum Gasteiger partial charge on any atom is 0.137 e. The van der Waals surface area contributed by atoms with Gasteiger partial charge in [0, 0.05) is 23.9 Å². The van der Waals surface area contributed by atoms with Crippen LogP contribution in [0.1, 0.15) is 0 Å². The van der Waals surface area contributed by atoms with E-state index >= 15 is 0 Å². The minimum absolute atomic E-state index is 0.722. The maximum absolute atomic E-state index is 4.33. The third kappa shape index (κ3) is 2.81. The van der Waals surface area contributed by atoms with Crippen LogP contribution in [0.5, 0.6) is 0 Å². The Morgan fingerprint density at radius 1 is 0.583 bits per heavy atom. The number of benzene rings is 2. The molecule has 2 aromatic heterocycles. The molecule has 0 radical (unpaired) electrons. The number of rotatable bonds is 5. The fourth-order valence-electron chi connectivity index (χ4n) is 2.65. The largest absolute Gasteiger partial charge is 0.368 e. The third-order valence-electron chi connectivity index (χ3n) is 3.80. The quantitative estimate of drug-likeness (QED) is 0.551. The lowest BCUT2D eigenvalue weighted by molar-refractivity contribution is 1.04. The fraction of sp³-hybridized carbons (Fsp3) is 0.111. The molecule has 0 aliphatic rings. The topological polar surface area (TPSA) is 75.6 Å². The lowest BCUT2D eigenvalue weighted by Crippen LogP contribution is -2.15. The highest BCUT2D eigenvalue weighted by molar-refractivity contribution is 5.89. The van der Waals surface area contributed by atoms with Crippen molar-refractivity contribution < 1.29 is 0 Å². The molecule has 0 saturated heterocycles. The molecule has 2 heterocycles. The Morgan fingerprint density at radius 3 is 1.54 bits per heavy atom. The van der Waals surface area contributed by atoms with Gasteiger partial charge in [0.2, 0.25) is 0 Å². The van der Waals surface area contributed by atoms with Crippen molar-refractivity contribution in [3.8, 4) is 0 Å². The number of nitrogens with one attached hydrogen (secondary N) is 2. The van der Waals surface area contributed by atoms with Gasteiger partial charge < -0.3 is 10.6 Å². The van der Waals surface area contributed by atoms with E-state index in [1.165, 1.54) is 0 Å². The molecule has 2 N–H and O–H groups in total. The first-order valence-electron chi connectivity index (χ1n) is 7.79. The number of anilines is 2. The van der Waals surface area contributed by atoms with Crippen molar-refractivity contribution >= 4 is 33.4 Å². The SMILES string of the molecule is c1ccc2c(NCCNc3ncnc4ccccc34)ncnc2c1. The number of para-hydroxylation sites is 2. The minimum Gasteiger partial charge on any atom is -0.368 e. The molecule has 0 fully saturated rings. The van der Waals surface area contributed by atoms with E-state index in [9.17, 15) is 0 Å². The van der Waals surface area contributed by atoms with Gasteiger partial charge in [-0.2, -0.15) is 0 Å². The summed E-state index contributed by atoms with van der Waals surface area (Å²) in [5, 5.41) is 8.74. The summed E-state index contributed by atoms with van der Waals surface area (Å²) >= 11 is 0. The highest BCUT2D eigenvalue weighted by Crippen LogP contribution is 2.19. The smallest absolute Gasteiger partial charge is 0.137 e. The molecule has 2 aromatic carbocycles. The van der Waals surface area contributed by atoms with E-state index < -0.39 is 0 Å². The number of nitrogens with zero attached hydrogens (tertiary/aromatic N) is 4. The van der Waals surface area contributed by atoms with Gasteiger partial charge in [0.15, 0.2) is 0 Å². The Balaban J connectivity index is 1.44. The molecule has 0 saturated carbocycles. The van der Waals surface area contributed by atoms with Crippen molar-refractivity contribution in [1.82, 2.24) is 19.9 Å². The molecule has 24 heavy (non-hydrogen) atoms. The van der Waals surface area contributed by atoms with E-state index in [-0.39, 0.29) is 0 Å². The highest BCUT2D eigenvalue weighted by atomic mass is 15.1. The molecule has 4 rings (SSSR count). The number of aromatic nitrogens is 4. The first-order valence-corrected chi connectivity index (χ1v) is 7.79. The molecular weight excluding hydrogens is 300 g/mol. The van der Waals surface area contributed by atoms with Crippen molar-refractivity contribution in [2.24, 2.45) is 0 Å². The van der Waals surface area contributed by atoms with Gasteiger partial charge in [-0.15, -0.1) is 0 Å². The first-order chi connectivity index (χ1) is 11.9. The normalized spacial score (nSPS) is 10.8. The molecule has 0 amide bonds. The van der Waals surface area contributed by atoms with Crippen molar-refractivity contribution in [3.63, 3.8) is 0 Å². The summed E-state index contributed by atoms with van der Waals surface area (Å²) < 4.78 is 0. The van der Waals surface area contributed by atoms with Crippen LogP contribution >= 0.6 is 0 Å². The number of hydrogen-bond acceptors (Lipinski definition) is 6. The lowest BCUT2D eigenvalue weighted by atomic mass is 10.2. The summed E-state index contributed by atoms with van der Waals surface area (Å²) in [5.74, 6) is 1.69. The zero-order valence-corrected chi connectivity index (χ0v) is 13.0. The average Bonchev–Trinajstić information content (AvgIpc) is 2.65. The highest BCUT2D eigenvalue weighted by Gasteiger charge is 2.03. The van der Waals surface area contributed by atoms with Crippen LogP contribution in [-0.2, 0) is 0 Å². The van der Waals surface area contributed by atoms with Crippen molar-refractivity contribution in [1.29, 1.82) is 0 Å².